The van der Waals surface area contributed by atoms with Crippen molar-refractivity contribution in [1.82, 2.24) is 4.57 Å². The number of carbonyl (C=O) groups is 1. The molecule has 3 rings (SSSR count). The number of hydrogen-bond donors (Lipinski definition) is 0. The van der Waals surface area contributed by atoms with Crippen LogP contribution in [0.15, 0.2) is 41.4 Å². The number of thioether (sulfide) groups is 1. The van der Waals surface area contributed by atoms with Crippen LogP contribution in [0.1, 0.15) is 16.7 Å². The van der Waals surface area contributed by atoms with Crippen molar-refractivity contribution in [2.75, 3.05) is 19.1 Å². The molecule has 6 heteroatoms. The molecule has 0 atom stereocenters. The van der Waals surface area contributed by atoms with Crippen molar-refractivity contribution in [2.24, 2.45) is 4.99 Å². The fraction of sp³-hybridized carbons (Fsp3) is 0.333. The van der Waals surface area contributed by atoms with Crippen LogP contribution in [0.5, 0.6) is 5.75 Å². The van der Waals surface area contributed by atoms with Crippen molar-refractivity contribution in [3.05, 3.63) is 57.9 Å². The van der Waals surface area contributed by atoms with Crippen LogP contribution < -0.4 is 9.54 Å². The first-order chi connectivity index (χ1) is 13.0. The summed E-state index contributed by atoms with van der Waals surface area (Å²) in [7, 11) is 1.66. The summed E-state index contributed by atoms with van der Waals surface area (Å²) >= 11 is 3.32. The molecule has 0 aliphatic heterocycles. The Hall–Kier alpha value is -2.05. The summed E-state index contributed by atoms with van der Waals surface area (Å²) < 4.78 is 8.54. The Labute approximate surface area is 167 Å². The van der Waals surface area contributed by atoms with Crippen molar-refractivity contribution in [1.29, 1.82) is 0 Å². The normalized spacial score (nSPS) is 11.9. The largest absolute Gasteiger partial charge is 0.497 e. The fourth-order valence-corrected chi connectivity index (χ4v) is 4.48. The van der Waals surface area contributed by atoms with Gasteiger partial charge in [0.25, 0.3) is 5.91 Å². The molecule has 1 aromatic heterocycles. The Morgan fingerprint density at radius 2 is 2.04 bits per heavy atom. The maximum Gasteiger partial charge on any atom is 0.252 e. The molecular formula is C21H24N2O2S2. The lowest BCUT2D eigenvalue weighted by atomic mass is 10.0. The number of methoxy groups -OCH3 is 1. The SMILES string of the molecule is COc1ccc2c(c1)sc(=NC(=O)Cc1ccc(C)cc1C)n2CCSC. The van der Waals surface area contributed by atoms with Gasteiger partial charge in [0.2, 0.25) is 0 Å². The Morgan fingerprint density at radius 3 is 2.74 bits per heavy atom. The van der Waals surface area contributed by atoms with Crippen molar-refractivity contribution in [2.45, 2.75) is 26.8 Å². The van der Waals surface area contributed by atoms with Crippen LogP contribution in [0.4, 0.5) is 0 Å². The topological polar surface area (TPSA) is 43.6 Å². The highest BCUT2D eigenvalue weighted by molar-refractivity contribution is 7.98. The minimum absolute atomic E-state index is 0.113. The van der Waals surface area contributed by atoms with E-state index in [-0.39, 0.29) is 5.91 Å². The summed E-state index contributed by atoms with van der Waals surface area (Å²) in [6, 6.07) is 12.2. The lowest BCUT2D eigenvalue weighted by Crippen LogP contribution is -2.18. The molecule has 0 spiro atoms. The molecular weight excluding hydrogens is 376 g/mol. The summed E-state index contributed by atoms with van der Waals surface area (Å²) in [6.07, 6.45) is 2.41. The van der Waals surface area contributed by atoms with Crippen LogP contribution in [-0.2, 0) is 17.8 Å². The Bertz CT molecular complexity index is 1030. The summed E-state index contributed by atoms with van der Waals surface area (Å²) in [4.78, 5) is 17.8. The van der Waals surface area contributed by atoms with Gasteiger partial charge in [-0.05, 0) is 49.4 Å². The molecule has 0 saturated carbocycles. The third-order valence-electron chi connectivity index (χ3n) is 4.47. The van der Waals surface area contributed by atoms with Crippen LogP contribution in [0, 0.1) is 13.8 Å². The number of hydrogen-bond acceptors (Lipinski definition) is 4. The minimum atomic E-state index is -0.113. The summed E-state index contributed by atoms with van der Waals surface area (Å²) in [6.45, 7) is 4.92. The number of ether oxygens (including phenoxy) is 1. The number of rotatable bonds is 6. The van der Waals surface area contributed by atoms with Crippen molar-refractivity contribution in [3.8, 4) is 5.75 Å². The summed E-state index contributed by atoms with van der Waals surface area (Å²) in [5, 5.41) is 0. The third kappa shape index (κ3) is 4.62. The zero-order valence-electron chi connectivity index (χ0n) is 16.1. The van der Waals surface area contributed by atoms with E-state index in [1.807, 2.05) is 37.3 Å². The van der Waals surface area contributed by atoms with E-state index in [2.05, 4.69) is 28.8 Å². The number of benzene rings is 2. The molecule has 0 aliphatic carbocycles. The maximum atomic E-state index is 12.6. The zero-order valence-corrected chi connectivity index (χ0v) is 17.7. The highest BCUT2D eigenvalue weighted by Gasteiger charge is 2.10. The second-order valence-electron chi connectivity index (χ2n) is 6.47. The second-order valence-corrected chi connectivity index (χ2v) is 8.47. The number of nitrogens with zero attached hydrogens (tertiary/aromatic N) is 2. The highest BCUT2D eigenvalue weighted by Crippen LogP contribution is 2.23. The van der Waals surface area contributed by atoms with E-state index in [1.165, 1.54) is 16.9 Å². The van der Waals surface area contributed by atoms with Gasteiger partial charge < -0.3 is 9.30 Å². The molecule has 3 aromatic rings. The molecule has 2 aromatic carbocycles. The van der Waals surface area contributed by atoms with E-state index in [4.69, 9.17) is 4.74 Å². The fourth-order valence-electron chi connectivity index (χ4n) is 3.02. The van der Waals surface area contributed by atoms with Gasteiger partial charge in [0, 0.05) is 12.3 Å². The molecule has 0 saturated heterocycles. The van der Waals surface area contributed by atoms with Crippen LogP contribution in [0.25, 0.3) is 10.2 Å². The van der Waals surface area contributed by atoms with Gasteiger partial charge >= 0.3 is 0 Å². The predicted molar refractivity (Wildman–Crippen MR) is 115 cm³/mol. The number of aryl methyl sites for hydroxylation is 3. The van der Waals surface area contributed by atoms with Crippen molar-refractivity contribution < 1.29 is 9.53 Å². The number of carbonyl (C=O) groups excluding carboxylic acids is 1. The number of amides is 1. The van der Waals surface area contributed by atoms with E-state index < -0.39 is 0 Å². The molecule has 27 heavy (non-hydrogen) atoms. The first-order valence-electron chi connectivity index (χ1n) is 8.82. The van der Waals surface area contributed by atoms with Gasteiger partial charge in [-0.3, -0.25) is 4.79 Å². The van der Waals surface area contributed by atoms with Gasteiger partial charge in [0.15, 0.2) is 4.80 Å². The van der Waals surface area contributed by atoms with Crippen molar-refractivity contribution >= 4 is 39.2 Å². The van der Waals surface area contributed by atoms with E-state index in [9.17, 15) is 4.79 Å². The molecule has 0 radical (unpaired) electrons. The van der Waals surface area contributed by atoms with Crippen LogP contribution >= 0.6 is 23.1 Å². The Balaban J connectivity index is 1.98. The van der Waals surface area contributed by atoms with Crippen LogP contribution in [0.2, 0.25) is 0 Å². The maximum absolute atomic E-state index is 12.6. The van der Waals surface area contributed by atoms with Crippen molar-refractivity contribution in [3.63, 3.8) is 0 Å². The quantitative estimate of drug-likeness (QED) is 0.617. The summed E-state index contributed by atoms with van der Waals surface area (Å²) in [5.74, 6) is 1.67. The van der Waals surface area contributed by atoms with Gasteiger partial charge in [-0.25, -0.2) is 0 Å². The third-order valence-corrected chi connectivity index (χ3v) is 6.10. The Kier molecular flexibility index (Phi) is 6.39. The monoisotopic (exact) mass is 400 g/mol. The molecule has 0 fully saturated rings. The van der Waals surface area contributed by atoms with Crippen LogP contribution in [0.3, 0.4) is 0 Å². The number of aromatic nitrogens is 1. The van der Waals surface area contributed by atoms with Gasteiger partial charge in [-0.15, -0.1) is 0 Å². The van der Waals surface area contributed by atoms with E-state index in [1.54, 1.807) is 18.9 Å². The summed E-state index contributed by atoms with van der Waals surface area (Å²) in [5.41, 5.74) is 4.46. The van der Waals surface area contributed by atoms with Gasteiger partial charge in [0.1, 0.15) is 5.75 Å². The molecule has 0 unspecified atom stereocenters. The highest BCUT2D eigenvalue weighted by atomic mass is 32.2. The molecule has 1 heterocycles. The van der Waals surface area contributed by atoms with E-state index in [0.29, 0.717) is 6.42 Å². The van der Waals surface area contributed by atoms with Gasteiger partial charge in [0.05, 0.1) is 23.7 Å². The first-order valence-corrected chi connectivity index (χ1v) is 11.0. The smallest absolute Gasteiger partial charge is 0.252 e. The second kappa shape index (κ2) is 8.76. The molecule has 0 N–H and O–H groups in total. The average molecular weight is 401 g/mol. The molecule has 1 amide bonds. The van der Waals surface area contributed by atoms with E-state index in [0.717, 1.165) is 44.2 Å². The number of fused-ring (bicyclic) bond motifs is 1. The lowest BCUT2D eigenvalue weighted by molar-refractivity contribution is -0.117. The van der Waals surface area contributed by atoms with Crippen LogP contribution in [-0.4, -0.2) is 29.6 Å². The lowest BCUT2D eigenvalue weighted by Gasteiger charge is -2.05. The Morgan fingerprint density at radius 1 is 1.22 bits per heavy atom. The zero-order chi connectivity index (χ0) is 19.4. The molecule has 4 nitrogen and oxygen atoms in total. The average Bonchev–Trinajstić information content (AvgIpc) is 2.98. The van der Waals surface area contributed by atoms with Gasteiger partial charge in [-0.1, -0.05) is 35.1 Å². The molecule has 0 bridgehead atoms. The standard InChI is InChI=1S/C21H24N2O2S2/c1-14-5-6-16(15(2)11-14)12-20(24)22-21-23(9-10-26-4)18-8-7-17(25-3)13-19(18)27-21/h5-8,11,13H,9-10,12H2,1-4H3. The van der Waals surface area contributed by atoms with Gasteiger partial charge in [-0.2, -0.15) is 16.8 Å². The first kappa shape index (κ1) is 19.7. The van der Waals surface area contributed by atoms with E-state index >= 15 is 0 Å². The predicted octanol–water partition coefficient (Wildman–Crippen LogP) is 4.36. The molecule has 142 valence electrons. The molecule has 0 aliphatic rings. The minimum Gasteiger partial charge on any atom is -0.497 e. The number of thiazole rings is 1.